The fourth-order valence-electron chi connectivity index (χ4n) is 2.26. The van der Waals surface area contributed by atoms with Crippen molar-refractivity contribution in [2.75, 3.05) is 0 Å². The van der Waals surface area contributed by atoms with Crippen LogP contribution in [0, 0.1) is 0 Å². The zero-order valence-corrected chi connectivity index (χ0v) is 11.7. The predicted molar refractivity (Wildman–Crippen MR) is 82.0 cm³/mol. The molecule has 2 aromatic heterocycles. The third-order valence-corrected chi connectivity index (χ3v) is 3.27. The molecule has 3 rings (SSSR count). The summed E-state index contributed by atoms with van der Waals surface area (Å²) in [7, 11) is 0. The average molecular weight is 294 g/mol. The summed E-state index contributed by atoms with van der Waals surface area (Å²) in [5.74, 6) is -0.557. The van der Waals surface area contributed by atoms with Crippen LogP contribution in [0.25, 0.3) is 17.1 Å². The summed E-state index contributed by atoms with van der Waals surface area (Å²) in [5, 5.41) is 9.47. The minimum absolute atomic E-state index is 0.557. The van der Waals surface area contributed by atoms with E-state index in [1.807, 2.05) is 41.1 Å². The van der Waals surface area contributed by atoms with Gasteiger partial charge in [-0.2, -0.15) is 0 Å². The lowest BCUT2D eigenvalue weighted by molar-refractivity contribution is -0.124. The van der Waals surface area contributed by atoms with Crippen LogP contribution in [0.1, 0.15) is 11.1 Å². The average Bonchev–Trinajstić information content (AvgIpc) is 2.96. The Balaban J connectivity index is 1.84. The Morgan fingerprint density at radius 3 is 3.14 bits per heavy atom. The van der Waals surface area contributed by atoms with Crippen LogP contribution in [0.3, 0.4) is 0 Å². The molecule has 2 heterocycles. The highest BCUT2D eigenvalue weighted by atomic mass is 16.5. The van der Waals surface area contributed by atoms with E-state index in [1.54, 1.807) is 17.8 Å². The van der Waals surface area contributed by atoms with E-state index in [2.05, 4.69) is 9.97 Å². The van der Waals surface area contributed by atoms with Crippen LogP contribution in [-0.2, 0) is 11.3 Å². The highest BCUT2D eigenvalue weighted by molar-refractivity contribution is 5.90. The van der Waals surface area contributed by atoms with E-state index in [0.717, 1.165) is 22.2 Å². The molecule has 3 aromatic rings. The maximum absolute atomic E-state index is 11.0. The van der Waals surface area contributed by atoms with Gasteiger partial charge in [0.1, 0.15) is 12.0 Å². The van der Waals surface area contributed by atoms with E-state index in [9.17, 15) is 4.79 Å². The molecule has 0 atom stereocenters. The molecule has 0 aliphatic rings. The van der Waals surface area contributed by atoms with Gasteiger partial charge in [-0.1, -0.05) is 18.2 Å². The lowest BCUT2D eigenvalue weighted by atomic mass is 10.1. The van der Waals surface area contributed by atoms with Gasteiger partial charge in [0, 0.05) is 30.4 Å². The second-order valence-corrected chi connectivity index (χ2v) is 4.80. The van der Waals surface area contributed by atoms with Gasteiger partial charge in [0.2, 0.25) is 0 Å². The molecule has 0 bridgehead atoms. The van der Waals surface area contributed by atoms with Gasteiger partial charge in [0.15, 0.2) is 0 Å². The number of hydroxylamine groups is 1. The summed E-state index contributed by atoms with van der Waals surface area (Å²) < 4.78 is 2.04. The molecule has 0 fully saturated rings. The van der Waals surface area contributed by atoms with Crippen LogP contribution in [-0.4, -0.2) is 25.6 Å². The largest absolute Gasteiger partial charge is 0.328 e. The third kappa shape index (κ3) is 3.02. The molecular formula is C16H14N4O2. The topological polar surface area (TPSA) is 80.0 Å². The lowest BCUT2D eigenvalue weighted by Gasteiger charge is -2.06. The van der Waals surface area contributed by atoms with E-state index < -0.39 is 5.91 Å². The van der Waals surface area contributed by atoms with Crippen LogP contribution < -0.4 is 5.48 Å². The standard InChI is InChI=1S/C16H14N4O2/c21-15(19-22)5-4-12-2-1-3-13(8-12)10-20-7-6-14-9-17-11-18-16(14)20/h1-9,11,22H,10H2,(H,19,21)/b5-4+. The number of nitrogens with one attached hydrogen (secondary N) is 1. The molecule has 6 nitrogen and oxygen atoms in total. The first kappa shape index (κ1) is 14.0. The molecule has 0 saturated heterocycles. The number of rotatable bonds is 4. The van der Waals surface area contributed by atoms with Crippen LogP contribution in [0.4, 0.5) is 0 Å². The molecule has 0 radical (unpaired) electrons. The van der Waals surface area contributed by atoms with Crippen molar-refractivity contribution in [3.63, 3.8) is 0 Å². The Kier molecular flexibility index (Phi) is 3.93. The fourth-order valence-corrected chi connectivity index (χ4v) is 2.26. The summed E-state index contributed by atoms with van der Waals surface area (Å²) in [5.41, 5.74) is 4.41. The molecule has 110 valence electrons. The van der Waals surface area contributed by atoms with E-state index in [0.29, 0.717) is 6.54 Å². The van der Waals surface area contributed by atoms with Crippen LogP contribution >= 0.6 is 0 Å². The van der Waals surface area contributed by atoms with E-state index in [1.165, 1.54) is 12.4 Å². The first-order valence-electron chi connectivity index (χ1n) is 6.72. The SMILES string of the molecule is O=C(/C=C/c1cccc(Cn2ccc3cncnc32)c1)NO. The number of hydrogen-bond acceptors (Lipinski definition) is 4. The van der Waals surface area contributed by atoms with Gasteiger partial charge in [-0.25, -0.2) is 15.4 Å². The Morgan fingerprint density at radius 2 is 2.27 bits per heavy atom. The van der Waals surface area contributed by atoms with Crippen molar-refractivity contribution in [2.45, 2.75) is 6.54 Å². The molecule has 0 saturated carbocycles. The van der Waals surface area contributed by atoms with E-state index in [4.69, 9.17) is 5.21 Å². The molecule has 22 heavy (non-hydrogen) atoms. The number of aromatic nitrogens is 3. The lowest BCUT2D eigenvalue weighted by Crippen LogP contribution is -2.14. The van der Waals surface area contributed by atoms with E-state index >= 15 is 0 Å². The van der Waals surface area contributed by atoms with Gasteiger partial charge in [-0.15, -0.1) is 0 Å². The highest BCUT2D eigenvalue weighted by Gasteiger charge is 2.03. The van der Waals surface area contributed by atoms with Crippen molar-refractivity contribution in [1.29, 1.82) is 0 Å². The third-order valence-electron chi connectivity index (χ3n) is 3.27. The smallest absolute Gasteiger partial charge is 0.267 e. The molecule has 2 N–H and O–H groups in total. The Morgan fingerprint density at radius 1 is 1.36 bits per heavy atom. The number of hydrogen-bond donors (Lipinski definition) is 2. The number of fused-ring (bicyclic) bond motifs is 1. The van der Waals surface area contributed by atoms with E-state index in [-0.39, 0.29) is 0 Å². The molecular weight excluding hydrogens is 280 g/mol. The Labute approximate surface area is 126 Å². The van der Waals surface area contributed by atoms with Crippen LogP contribution in [0.2, 0.25) is 0 Å². The Hall–Kier alpha value is -2.99. The maximum atomic E-state index is 11.0. The second kappa shape index (κ2) is 6.19. The van der Waals surface area contributed by atoms with Crippen molar-refractivity contribution >= 4 is 23.0 Å². The second-order valence-electron chi connectivity index (χ2n) is 4.80. The minimum atomic E-state index is -0.557. The Bertz CT molecular complexity index is 839. The number of carbonyl (C=O) groups is 1. The number of nitrogens with zero attached hydrogens (tertiary/aromatic N) is 3. The van der Waals surface area contributed by atoms with Crippen molar-refractivity contribution in [1.82, 2.24) is 20.0 Å². The first-order valence-corrected chi connectivity index (χ1v) is 6.72. The first-order chi connectivity index (χ1) is 10.8. The quantitative estimate of drug-likeness (QED) is 0.438. The summed E-state index contributed by atoms with van der Waals surface area (Å²) in [6, 6.07) is 9.78. The van der Waals surface area contributed by atoms with Crippen molar-refractivity contribution in [3.05, 3.63) is 66.3 Å². The molecule has 0 spiro atoms. The maximum Gasteiger partial charge on any atom is 0.267 e. The molecule has 1 amide bonds. The van der Waals surface area contributed by atoms with Crippen molar-refractivity contribution in [3.8, 4) is 0 Å². The summed E-state index contributed by atoms with van der Waals surface area (Å²) in [4.78, 5) is 19.3. The van der Waals surface area contributed by atoms with Crippen LogP contribution in [0.5, 0.6) is 0 Å². The molecule has 0 unspecified atom stereocenters. The van der Waals surface area contributed by atoms with Gasteiger partial charge in [-0.05, 0) is 29.3 Å². The highest BCUT2D eigenvalue weighted by Crippen LogP contribution is 2.15. The minimum Gasteiger partial charge on any atom is -0.328 e. The van der Waals surface area contributed by atoms with Crippen LogP contribution in [0.15, 0.2) is 55.1 Å². The molecule has 0 aliphatic carbocycles. The van der Waals surface area contributed by atoms with Gasteiger partial charge < -0.3 is 4.57 Å². The van der Waals surface area contributed by atoms with Crippen molar-refractivity contribution in [2.24, 2.45) is 0 Å². The monoisotopic (exact) mass is 294 g/mol. The van der Waals surface area contributed by atoms with Crippen molar-refractivity contribution < 1.29 is 10.0 Å². The predicted octanol–water partition coefficient (Wildman–Crippen LogP) is 2.00. The zero-order valence-electron chi connectivity index (χ0n) is 11.7. The summed E-state index contributed by atoms with van der Waals surface area (Å²) >= 11 is 0. The normalized spacial score (nSPS) is 11.1. The van der Waals surface area contributed by atoms with Gasteiger partial charge >= 0.3 is 0 Å². The molecule has 6 heteroatoms. The number of benzene rings is 1. The zero-order chi connectivity index (χ0) is 15.4. The summed E-state index contributed by atoms with van der Waals surface area (Å²) in [6.45, 7) is 0.675. The molecule has 0 aliphatic heterocycles. The fraction of sp³-hybridized carbons (Fsp3) is 0.0625. The number of carbonyl (C=O) groups excluding carboxylic acids is 1. The molecule has 1 aromatic carbocycles. The summed E-state index contributed by atoms with van der Waals surface area (Å²) in [6.07, 6.45) is 8.21. The van der Waals surface area contributed by atoms with Gasteiger partial charge in [0.05, 0.1) is 0 Å². The van der Waals surface area contributed by atoms with Gasteiger partial charge in [0.25, 0.3) is 5.91 Å². The number of amides is 1. The van der Waals surface area contributed by atoms with Gasteiger partial charge in [-0.3, -0.25) is 10.0 Å².